The lowest BCUT2D eigenvalue weighted by Gasteiger charge is -2.33. The molecule has 0 radical (unpaired) electrons. The predicted octanol–water partition coefficient (Wildman–Crippen LogP) is 4.85. The normalized spacial score (nSPS) is 16.8. The van der Waals surface area contributed by atoms with Crippen molar-refractivity contribution in [1.82, 2.24) is 4.90 Å². The molecule has 0 saturated heterocycles. The second kappa shape index (κ2) is 7.11. The first-order chi connectivity index (χ1) is 12.2. The lowest BCUT2D eigenvalue weighted by atomic mass is 10.0. The van der Waals surface area contributed by atoms with Crippen molar-refractivity contribution in [2.24, 2.45) is 0 Å². The van der Waals surface area contributed by atoms with E-state index in [1.165, 1.54) is 10.4 Å². The maximum atomic E-state index is 12.9. The van der Waals surface area contributed by atoms with Crippen molar-refractivity contribution in [3.63, 3.8) is 0 Å². The zero-order chi connectivity index (χ0) is 18.9. The molecule has 1 aliphatic heterocycles. The second-order valence-corrected chi connectivity index (χ2v) is 8.43. The van der Waals surface area contributed by atoms with Crippen LogP contribution in [0.1, 0.15) is 54.5 Å². The first-order valence-corrected chi connectivity index (χ1v) is 9.60. The van der Waals surface area contributed by atoms with E-state index in [9.17, 15) is 9.59 Å². The highest BCUT2D eigenvalue weighted by Crippen LogP contribution is 2.33. The maximum absolute atomic E-state index is 12.9. The molecule has 1 aromatic heterocycles. The molecule has 1 aliphatic rings. The molecule has 2 heterocycles. The van der Waals surface area contributed by atoms with E-state index in [1.54, 1.807) is 35.6 Å². The number of fused-ring (bicyclic) bond motifs is 1. The van der Waals surface area contributed by atoms with Gasteiger partial charge in [0.25, 0.3) is 5.91 Å². The summed E-state index contributed by atoms with van der Waals surface area (Å²) < 4.78 is 5.23. The Bertz CT molecular complexity index is 805. The van der Waals surface area contributed by atoms with E-state index in [0.717, 1.165) is 13.0 Å². The molecule has 138 valence electrons. The molecular weight excluding hydrogens is 348 g/mol. The highest BCUT2D eigenvalue weighted by molar-refractivity contribution is 7.10. The number of amides is 2. The minimum absolute atomic E-state index is 0.0122. The number of carbonyl (C=O) groups excluding carboxylic acids is 2. The summed E-state index contributed by atoms with van der Waals surface area (Å²) in [6.45, 7) is 8.24. The first-order valence-electron chi connectivity index (χ1n) is 8.72. The first kappa shape index (κ1) is 18.5. The van der Waals surface area contributed by atoms with Crippen LogP contribution in [0.3, 0.4) is 0 Å². The zero-order valence-corrected chi connectivity index (χ0v) is 16.4. The van der Waals surface area contributed by atoms with Gasteiger partial charge < -0.3 is 9.64 Å². The summed E-state index contributed by atoms with van der Waals surface area (Å²) in [6.07, 6.45) is 0.396. The topological polar surface area (TPSA) is 58.6 Å². The van der Waals surface area contributed by atoms with E-state index in [1.807, 2.05) is 25.7 Å². The lowest BCUT2D eigenvalue weighted by molar-refractivity contribution is 0.0634. The average Bonchev–Trinajstić information content (AvgIpc) is 3.03. The molecule has 0 spiro atoms. The summed E-state index contributed by atoms with van der Waals surface area (Å²) in [5.41, 5.74) is 1.91. The molecule has 1 N–H and O–H groups in total. The number of carbonyl (C=O) groups is 2. The number of ether oxygens (including phenoxy) is 1. The minimum Gasteiger partial charge on any atom is -0.444 e. The van der Waals surface area contributed by atoms with Crippen LogP contribution in [-0.2, 0) is 11.2 Å². The predicted molar refractivity (Wildman–Crippen MR) is 104 cm³/mol. The van der Waals surface area contributed by atoms with E-state index in [4.69, 9.17) is 4.74 Å². The van der Waals surface area contributed by atoms with Gasteiger partial charge in [0.15, 0.2) is 0 Å². The monoisotopic (exact) mass is 372 g/mol. The van der Waals surface area contributed by atoms with Crippen LogP contribution in [-0.4, -0.2) is 29.0 Å². The van der Waals surface area contributed by atoms with Crippen LogP contribution < -0.4 is 5.32 Å². The number of nitrogens with zero attached hydrogens (tertiary/aromatic N) is 1. The molecule has 6 heteroatoms. The van der Waals surface area contributed by atoms with Crippen molar-refractivity contribution in [3.8, 4) is 0 Å². The third-order valence-electron chi connectivity index (χ3n) is 4.32. The van der Waals surface area contributed by atoms with Crippen LogP contribution >= 0.6 is 11.3 Å². The van der Waals surface area contributed by atoms with Crippen LogP contribution in [0.15, 0.2) is 35.7 Å². The fraction of sp³-hybridized carbons (Fsp3) is 0.400. The Hall–Kier alpha value is -2.34. The van der Waals surface area contributed by atoms with Crippen molar-refractivity contribution >= 4 is 29.0 Å². The van der Waals surface area contributed by atoms with Gasteiger partial charge in [0, 0.05) is 22.7 Å². The molecule has 26 heavy (non-hydrogen) atoms. The Kier molecular flexibility index (Phi) is 5.05. The standard InChI is InChI=1S/C20H24N2O3S/c1-13-16-10-12-26-17(16)9-11-22(13)18(23)14-5-7-15(8-6-14)21-19(24)25-20(2,3)4/h5-8,10,12-13H,9,11H2,1-4H3,(H,21,24)/t13-/m1/s1. The number of nitrogens with one attached hydrogen (secondary N) is 1. The summed E-state index contributed by atoms with van der Waals surface area (Å²) in [5.74, 6) is 0.0122. The molecule has 5 nitrogen and oxygen atoms in total. The van der Waals surface area contributed by atoms with Crippen LogP contribution in [0.5, 0.6) is 0 Å². The third kappa shape index (κ3) is 4.07. The largest absolute Gasteiger partial charge is 0.444 e. The Morgan fingerprint density at radius 2 is 1.88 bits per heavy atom. The number of hydrogen-bond donors (Lipinski definition) is 1. The smallest absolute Gasteiger partial charge is 0.412 e. The van der Waals surface area contributed by atoms with Crippen molar-refractivity contribution < 1.29 is 14.3 Å². The second-order valence-electron chi connectivity index (χ2n) is 7.43. The van der Waals surface area contributed by atoms with Gasteiger partial charge in [-0.3, -0.25) is 10.1 Å². The maximum Gasteiger partial charge on any atom is 0.412 e. The van der Waals surface area contributed by atoms with Crippen LogP contribution in [0.4, 0.5) is 10.5 Å². The van der Waals surface area contributed by atoms with Crippen LogP contribution in [0.25, 0.3) is 0 Å². The van der Waals surface area contributed by atoms with Gasteiger partial charge in [-0.2, -0.15) is 0 Å². The molecule has 1 atom stereocenters. The minimum atomic E-state index is -0.551. The molecule has 0 aliphatic carbocycles. The van der Waals surface area contributed by atoms with Gasteiger partial charge >= 0.3 is 6.09 Å². The number of anilines is 1. The summed E-state index contributed by atoms with van der Waals surface area (Å²) in [7, 11) is 0. The molecule has 0 bridgehead atoms. The van der Waals surface area contributed by atoms with Gasteiger partial charge in [-0.05, 0) is 75.4 Å². The van der Waals surface area contributed by atoms with Crippen molar-refractivity contribution in [2.45, 2.75) is 45.8 Å². The highest BCUT2D eigenvalue weighted by Gasteiger charge is 2.28. The molecule has 0 fully saturated rings. The average molecular weight is 372 g/mol. The van der Waals surface area contributed by atoms with E-state index < -0.39 is 11.7 Å². The Balaban J connectivity index is 1.67. The molecular formula is C20H24N2O3S. The number of hydrogen-bond acceptors (Lipinski definition) is 4. The summed E-state index contributed by atoms with van der Waals surface area (Å²) in [4.78, 5) is 28.0. The summed E-state index contributed by atoms with van der Waals surface area (Å²) >= 11 is 1.76. The summed E-state index contributed by atoms with van der Waals surface area (Å²) in [6, 6.07) is 9.12. The molecule has 0 unspecified atom stereocenters. The molecule has 0 saturated carbocycles. The van der Waals surface area contributed by atoms with Gasteiger partial charge in [0.2, 0.25) is 0 Å². The lowest BCUT2D eigenvalue weighted by Crippen LogP contribution is -2.38. The van der Waals surface area contributed by atoms with Crippen molar-refractivity contribution in [1.29, 1.82) is 0 Å². The number of rotatable bonds is 2. The molecule has 3 rings (SSSR count). The van der Waals surface area contributed by atoms with E-state index in [0.29, 0.717) is 11.3 Å². The third-order valence-corrected chi connectivity index (χ3v) is 5.31. The molecule has 2 amide bonds. The fourth-order valence-electron chi connectivity index (χ4n) is 3.07. The van der Waals surface area contributed by atoms with Crippen molar-refractivity contribution in [2.75, 3.05) is 11.9 Å². The Morgan fingerprint density at radius 1 is 1.19 bits per heavy atom. The summed E-state index contributed by atoms with van der Waals surface area (Å²) in [5, 5.41) is 4.77. The van der Waals surface area contributed by atoms with Crippen LogP contribution in [0.2, 0.25) is 0 Å². The SMILES string of the molecule is C[C@@H]1c2ccsc2CCN1C(=O)c1ccc(NC(=O)OC(C)(C)C)cc1. The zero-order valence-electron chi connectivity index (χ0n) is 15.5. The van der Waals surface area contributed by atoms with E-state index in [2.05, 4.69) is 23.7 Å². The van der Waals surface area contributed by atoms with E-state index >= 15 is 0 Å². The molecule has 1 aromatic carbocycles. The highest BCUT2D eigenvalue weighted by atomic mass is 32.1. The van der Waals surface area contributed by atoms with Crippen molar-refractivity contribution in [3.05, 3.63) is 51.7 Å². The number of thiophene rings is 1. The molecule has 2 aromatic rings. The Morgan fingerprint density at radius 3 is 2.54 bits per heavy atom. The van der Waals surface area contributed by atoms with Crippen LogP contribution in [0, 0.1) is 0 Å². The van der Waals surface area contributed by atoms with Gasteiger partial charge in [-0.15, -0.1) is 11.3 Å². The number of benzene rings is 1. The quantitative estimate of drug-likeness (QED) is 0.819. The fourth-order valence-corrected chi connectivity index (χ4v) is 4.03. The Labute approximate surface area is 158 Å². The van der Waals surface area contributed by atoms with Gasteiger partial charge in [-0.1, -0.05) is 0 Å². The van der Waals surface area contributed by atoms with Gasteiger partial charge in [0.1, 0.15) is 5.60 Å². The van der Waals surface area contributed by atoms with Gasteiger partial charge in [0.05, 0.1) is 6.04 Å². The van der Waals surface area contributed by atoms with E-state index in [-0.39, 0.29) is 11.9 Å². The van der Waals surface area contributed by atoms with Gasteiger partial charge in [-0.25, -0.2) is 4.79 Å².